The summed E-state index contributed by atoms with van der Waals surface area (Å²) >= 11 is 0. The molecule has 0 bridgehead atoms. The molecule has 0 fully saturated rings. The minimum absolute atomic E-state index is 0.731. The Morgan fingerprint density at radius 2 is 1.00 bits per heavy atom. The van der Waals surface area contributed by atoms with Crippen molar-refractivity contribution in [3.8, 4) is 0 Å². The lowest BCUT2D eigenvalue weighted by Gasteiger charge is -1.90. The van der Waals surface area contributed by atoms with Crippen LogP contribution in [0.1, 0.15) is 62.3 Å². The van der Waals surface area contributed by atoms with Gasteiger partial charge in [0.2, 0.25) is 0 Å². The Kier molecular flexibility index (Phi) is 115. The minimum atomic E-state index is -0.963. The molecule has 0 aromatic heterocycles. The molecule has 1 atom stereocenters. The molecule has 0 aliphatic heterocycles. The zero-order chi connectivity index (χ0) is 13.2. The van der Waals surface area contributed by atoms with E-state index < -0.39 is 12.0 Å². The van der Waals surface area contributed by atoms with Gasteiger partial charge in [0.15, 0.2) is 0 Å². The second kappa shape index (κ2) is 55.1. The predicted octanol–water partition coefficient (Wildman–Crippen LogP) is 3.52. The van der Waals surface area contributed by atoms with E-state index in [2.05, 4.69) is 0 Å². The molecule has 1 unspecified atom stereocenters. The summed E-state index contributed by atoms with van der Waals surface area (Å²) < 4.78 is 0. The fraction of sp³-hybridized carbons (Fsp3) is 0.909. The molecule has 3 nitrogen and oxygen atoms in total. The first-order valence-electron chi connectivity index (χ1n) is 5.63. The van der Waals surface area contributed by atoms with Crippen molar-refractivity contribution in [3.05, 3.63) is 0 Å². The highest BCUT2D eigenvalue weighted by Gasteiger charge is 1.99. The third-order valence-electron chi connectivity index (χ3n) is 0.390. The van der Waals surface area contributed by atoms with Gasteiger partial charge in [-0.2, -0.15) is 0 Å². The molecule has 0 aliphatic rings. The average Bonchev–Trinajstić information content (AvgIpc) is 2.29. The van der Waals surface area contributed by atoms with Crippen LogP contribution in [0, 0.1) is 0 Å². The highest BCUT2D eigenvalue weighted by atomic mass is 16.4. The Labute approximate surface area is 90.7 Å². The first-order valence-corrected chi connectivity index (χ1v) is 5.63. The fourth-order valence-electron chi connectivity index (χ4n) is 0. The molecule has 0 radical (unpaired) electrons. The van der Waals surface area contributed by atoms with Crippen molar-refractivity contribution in [2.45, 2.75) is 68.4 Å². The molecule has 3 N–H and O–H groups in total. The highest BCUT2D eigenvalue weighted by Crippen LogP contribution is 1.68. The second-order valence-electron chi connectivity index (χ2n) is 1.13. The van der Waals surface area contributed by atoms with Gasteiger partial charge in [0.05, 0.1) is 0 Å². The van der Waals surface area contributed by atoms with Crippen LogP contribution in [-0.4, -0.2) is 17.1 Å². The van der Waals surface area contributed by atoms with E-state index in [1.807, 2.05) is 55.4 Å². The van der Waals surface area contributed by atoms with E-state index in [0.717, 1.165) is 0 Å². The first kappa shape index (κ1) is 29.2. The lowest BCUT2D eigenvalue weighted by Crippen LogP contribution is -2.25. The van der Waals surface area contributed by atoms with E-state index in [1.165, 1.54) is 6.92 Å². The van der Waals surface area contributed by atoms with E-state index in [1.54, 1.807) is 0 Å². The molecule has 14 heavy (non-hydrogen) atoms. The van der Waals surface area contributed by atoms with E-state index in [4.69, 9.17) is 10.8 Å². The van der Waals surface area contributed by atoms with Gasteiger partial charge >= 0.3 is 5.97 Å². The zero-order valence-corrected chi connectivity index (χ0v) is 11.5. The van der Waals surface area contributed by atoms with Crippen molar-refractivity contribution in [2.24, 2.45) is 5.73 Å². The summed E-state index contributed by atoms with van der Waals surface area (Å²) in [4.78, 5) is 9.57. The van der Waals surface area contributed by atoms with Crippen LogP contribution in [0.25, 0.3) is 0 Å². The van der Waals surface area contributed by atoms with Crippen molar-refractivity contribution in [1.82, 2.24) is 0 Å². The molecular formula is C11H31NO2. The second-order valence-corrected chi connectivity index (χ2v) is 1.13. The summed E-state index contributed by atoms with van der Waals surface area (Å²) in [6.07, 6.45) is 0. The predicted molar refractivity (Wildman–Crippen MR) is 66.7 cm³/mol. The van der Waals surface area contributed by atoms with Crippen molar-refractivity contribution in [2.75, 3.05) is 0 Å². The maximum absolute atomic E-state index is 9.57. The van der Waals surface area contributed by atoms with Crippen molar-refractivity contribution >= 4 is 5.97 Å². The number of carboxylic acid groups (broad SMARTS) is 1. The van der Waals surface area contributed by atoms with E-state index in [0.29, 0.717) is 0 Å². The monoisotopic (exact) mass is 209 g/mol. The van der Waals surface area contributed by atoms with Crippen LogP contribution in [0.15, 0.2) is 0 Å². The van der Waals surface area contributed by atoms with Crippen LogP contribution in [-0.2, 0) is 4.79 Å². The SMILES string of the molecule is CC.CC.CC.CC.CC(N)C(=O)O. The van der Waals surface area contributed by atoms with Gasteiger partial charge in [-0.05, 0) is 6.92 Å². The molecule has 3 heteroatoms. The van der Waals surface area contributed by atoms with Gasteiger partial charge in [-0.1, -0.05) is 55.4 Å². The molecule has 0 rings (SSSR count). The Hall–Kier alpha value is -0.570. The number of hydrogen-bond acceptors (Lipinski definition) is 2. The zero-order valence-electron chi connectivity index (χ0n) is 11.5. The van der Waals surface area contributed by atoms with Crippen LogP contribution in [0.4, 0.5) is 0 Å². The third-order valence-corrected chi connectivity index (χ3v) is 0.390. The van der Waals surface area contributed by atoms with E-state index >= 15 is 0 Å². The smallest absolute Gasteiger partial charge is 0.320 e. The molecule has 0 saturated heterocycles. The first-order chi connectivity index (χ1) is 6.64. The molecule has 92 valence electrons. The minimum Gasteiger partial charge on any atom is -0.480 e. The molecule has 0 heterocycles. The number of hydrogen-bond donors (Lipinski definition) is 2. The normalized spacial score (nSPS) is 7.57. The number of carbonyl (C=O) groups is 1. The van der Waals surface area contributed by atoms with E-state index in [9.17, 15) is 4.79 Å². The van der Waals surface area contributed by atoms with Crippen molar-refractivity contribution in [1.29, 1.82) is 0 Å². The standard InChI is InChI=1S/C3H7NO2.4C2H6/c1-2(4)3(5)6;4*1-2/h2H,4H2,1H3,(H,5,6);4*1-2H3. The maximum Gasteiger partial charge on any atom is 0.320 e. The molecule has 0 aromatic rings. The van der Waals surface area contributed by atoms with Gasteiger partial charge in [0.1, 0.15) is 6.04 Å². The maximum atomic E-state index is 9.57. The van der Waals surface area contributed by atoms with E-state index in [-0.39, 0.29) is 0 Å². The summed E-state index contributed by atoms with van der Waals surface area (Å²) in [6, 6.07) is -0.731. The number of rotatable bonds is 1. The fourth-order valence-corrected chi connectivity index (χ4v) is 0. The number of aliphatic carboxylic acids is 1. The Morgan fingerprint density at radius 3 is 1.00 bits per heavy atom. The Bertz CT molecular complexity index is 64.3. The summed E-state index contributed by atoms with van der Waals surface area (Å²) in [6.45, 7) is 17.4. The molecule has 0 aliphatic carbocycles. The molecule has 0 spiro atoms. The number of carboxylic acids is 1. The summed E-state index contributed by atoms with van der Waals surface area (Å²) in [5.41, 5.74) is 4.84. The van der Waals surface area contributed by atoms with Gasteiger partial charge < -0.3 is 10.8 Å². The Balaban J connectivity index is -0.0000000287. The quantitative estimate of drug-likeness (QED) is 0.694. The third kappa shape index (κ3) is 106. The van der Waals surface area contributed by atoms with Crippen molar-refractivity contribution in [3.63, 3.8) is 0 Å². The van der Waals surface area contributed by atoms with Gasteiger partial charge in [-0.15, -0.1) is 0 Å². The highest BCUT2D eigenvalue weighted by molar-refractivity contribution is 5.72. The molecule has 0 aromatic carbocycles. The summed E-state index contributed by atoms with van der Waals surface area (Å²) in [5, 5.41) is 7.87. The topological polar surface area (TPSA) is 63.3 Å². The van der Waals surface area contributed by atoms with Crippen LogP contribution in [0.2, 0.25) is 0 Å². The van der Waals surface area contributed by atoms with Gasteiger partial charge in [-0.3, -0.25) is 4.79 Å². The molecule has 0 saturated carbocycles. The van der Waals surface area contributed by atoms with Gasteiger partial charge in [-0.25, -0.2) is 0 Å². The summed E-state index contributed by atoms with van der Waals surface area (Å²) in [5.74, 6) is -0.963. The average molecular weight is 209 g/mol. The molecular weight excluding hydrogens is 178 g/mol. The van der Waals surface area contributed by atoms with Crippen LogP contribution < -0.4 is 5.73 Å². The Morgan fingerprint density at radius 1 is 0.929 bits per heavy atom. The lowest BCUT2D eigenvalue weighted by molar-refractivity contribution is -0.138. The van der Waals surface area contributed by atoms with Gasteiger partial charge in [0, 0.05) is 0 Å². The molecule has 0 amide bonds. The van der Waals surface area contributed by atoms with Crippen LogP contribution in [0.3, 0.4) is 0 Å². The lowest BCUT2D eigenvalue weighted by atomic mass is 10.4. The van der Waals surface area contributed by atoms with Crippen LogP contribution in [0.5, 0.6) is 0 Å². The number of nitrogens with two attached hydrogens (primary N) is 1. The van der Waals surface area contributed by atoms with Gasteiger partial charge in [0.25, 0.3) is 0 Å². The summed E-state index contributed by atoms with van der Waals surface area (Å²) in [7, 11) is 0. The van der Waals surface area contributed by atoms with Crippen molar-refractivity contribution < 1.29 is 9.90 Å². The van der Waals surface area contributed by atoms with Crippen LogP contribution >= 0.6 is 0 Å². The largest absolute Gasteiger partial charge is 0.480 e.